The van der Waals surface area contributed by atoms with Gasteiger partial charge in [-0.25, -0.2) is 0 Å². The van der Waals surface area contributed by atoms with Gasteiger partial charge in [0.15, 0.2) is 0 Å². The van der Waals surface area contributed by atoms with Gasteiger partial charge in [0.25, 0.3) is 0 Å². The Balaban J connectivity index is 2.74. The first-order valence-electron chi connectivity index (χ1n) is 5.53. The minimum Gasteiger partial charge on any atom is -0.380 e. The number of nitrogens with zero attached hydrogens (tertiary/aromatic N) is 1. The molecule has 1 unspecified atom stereocenters. The minimum atomic E-state index is 0.203. The molecule has 0 heterocycles. The predicted molar refractivity (Wildman–Crippen MR) is 65.5 cm³/mol. The van der Waals surface area contributed by atoms with Gasteiger partial charge in [0.1, 0.15) is 6.07 Å². The molecule has 1 N–H and O–H groups in total. The lowest BCUT2D eigenvalue weighted by Crippen LogP contribution is -2.22. The molecule has 1 atom stereocenters. The predicted octanol–water partition coefficient (Wildman–Crippen LogP) is 2.70. The second-order valence-corrected chi connectivity index (χ2v) is 3.81. The van der Waals surface area contributed by atoms with Crippen LogP contribution in [0.1, 0.15) is 25.0 Å². The third-order valence-electron chi connectivity index (χ3n) is 2.36. The zero-order valence-corrected chi connectivity index (χ0v) is 10.1. The van der Waals surface area contributed by atoms with E-state index in [0.29, 0.717) is 18.8 Å². The fraction of sp³-hybridized carbons (Fsp3) is 0.462. The molecule has 0 saturated carbocycles. The smallest absolute Gasteiger partial charge is 0.102 e. The number of aryl methyl sites for hydroxylation is 1. The molecule has 0 aliphatic rings. The number of nitrogens with one attached hydrogen (secondary N) is 1. The molecule has 3 heteroatoms. The Bertz CT molecular complexity index is 382. The van der Waals surface area contributed by atoms with Crippen molar-refractivity contribution >= 4 is 5.69 Å². The van der Waals surface area contributed by atoms with Gasteiger partial charge >= 0.3 is 0 Å². The van der Waals surface area contributed by atoms with Gasteiger partial charge in [0, 0.05) is 12.6 Å². The van der Waals surface area contributed by atoms with Gasteiger partial charge in [-0.15, -0.1) is 0 Å². The number of anilines is 1. The van der Waals surface area contributed by atoms with E-state index in [1.165, 1.54) is 0 Å². The summed E-state index contributed by atoms with van der Waals surface area (Å²) < 4.78 is 5.33. The van der Waals surface area contributed by atoms with Crippen LogP contribution >= 0.6 is 0 Å². The molecule has 1 aromatic carbocycles. The molecule has 0 bridgehead atoms. The van der Waals surface area contributed by atoms with E-state index in [4.69, 9.17) is 10.00 Å². The standard InChI is InChI=1S/C13H18N2O/c1-4-16-9-11(3)15-13-7-5-6-10(2)12(13)8-14/h5-7,11,15H,4,9H2,1-3H3. The Morgan fingerprint density at radius 2 is 2.25 bits per heavy atom. The number of ether oxygens (including phenoxy) is 1. The first kappa shape index (κ1) is 12.5. The SMILES string of the molecule is CCOCC(C)Nc1cccc(C)c1C#N. The van der Waals surface area contributed by atoms with Crippen LogP contribution in [-0.2, 0) is 4.74 Å². The van der Waals surface area contributed by atoms with Crippen molar-refractivity contribution in [3.63, 3.8) is 0 Å². The van der Waals surface area contributed by atoms with Crippen molar-refractivity contribution in [1.29, 1.82) is 5.26 Å². The Morgan fingerprint density at radius 1 is 1.50 bits per heavy atom. The third kappa shape index (κ3) is 3.25. The van der Waals surface area contributed by atoms with Crippen LogP contribution in [0.5, 0.6) is 0 Å². The summed E-state index contributed by atoms with van der Waals surface area (Å²) in [4.78, 5) is 0. The monoisotopic (exact) mass is 218 g/mol. The van der Waals surface area contributed by atoms with Gasteiger partial charge in [0.05, 0.1) is 17.9 Å². The highest BCUT2D eigenvalue weighted by atomic mass is 16.5. The van der Waals surface area contributed by atoms with Crippen molar-refractivity contribution in [3.8, 4) is 6.07 Å². The van der Waals surface area contributed by atoms with Crippen LogP contribution in [0, 0.1) is 18.3 Å². The molecule has 0 aliphatic carbocycles. The summed E-state index contributed by atoms with van der Waals surface area (Å²) in [7, 11) is 0. The number of hydrogen-bond acceptors (Lipinski definition) is 3. The lowest BCUT2D eigenvalue weighted by molar-refractivity contribution is 0.141. The zero-order valence-electron chi connectivity index (χ0n) is 10.1. The second-order valence-electron chi connectivity index (χ2n) is 3.81. The summed E-state index contributed by atoms with van der Waals surface area (Å²) in [5.41, 5.74) is 2.59. The van der Waals surface area contributed by atoms with Crippen LogP contribution in [-0.4, -0.2) is 19.3 Å². The van der Waals surface area contributed by atoms with Crippen molar-refractivity contribution in [2.45, 2.75) is 26.8 Å². The molecule has 0 radical (unpaired) electrons. The van der Waals surface area contributed by atoms with Crippen LogP contribution < -0.4 is 5.32 Å². The maximum atomic E-state index is 9.07. The summed E-state index contributed by atoms with van der Waals surface area (Å²) in [6.45, 7) is 7.32. The second kappa shape index (κ2) is 6.14. The summed E-state index contributed by atoms with van der Waals surface area (Å²) in [5.74, 6) is 0. The largest absolute Gasteiger partial charge is 0.380 e. The molecular weight excluding hydrogens is 200 g/mol. The molecular formula is C13H18N2O. The Morgan fingerprint density at radius 3 is 2.88 bits per heavy atom. The summed E-state index contributed by atoms with van der Waals surface area (Å²) >= 11 is 0. The van der Waals surface area contributed by atoms with Crippen LogP contribution in [0.3, 0.4) is 0 Å². The fourth-order valence-corrected chi connectivity index (χ4v) is 1.54. The van der Waals surface area contributed by atoms with E-state index in [2.05, 4.69) is 11.4 Å². The highest BCUT2D eigenvalue weighted by Gasteiger charge is 2.07. The molecule has 3 nitrogen and oxygen atoms in total. The average molecular weight is 218 g/mol. The van der Waals surface area contributed by atoms with Gasteiger partial charge in [-0.05, 0) is 32.4 Å². The van der Waals surface area contributed by atoms with E-state index in [1.807, 2.05) is 39.0 Å². The van der Waals surface area contributed by atoms with Gasteiger partial charge < -0.3 is 10.1 Å². The first-order chi connectivity index (χ1) is 7.69. The van der Waals surface area contributed by atoms with E-state index < -0.39 is 0 Å². The molecule has 1 aromatic rings. The molecule has 0 spiro atoms. The summed E-state index contributed by atoms with van der Waals surface area (Å²) in [5, 5.41) is 12.4. The summed E-state index contributed by atoms with van der Waals surface area (Å²) in [6.07, 6.45) is 0. The maximum Gasteiger partial charge on any atom is 0.102 e. The van der Waals surface area contributed by atoms with Crippen LogP contribution in [0.4, 0.5) is 5.69 Å². The maximum absolute atomic E-state index is 9.07. The van der Waals surface area contributed by atoms with Gasteiger partial charge in [-0.2, -0.15) is 5.26 Å². The topological polar surface area (TPSA) is 45.0 Å². The molecule has 0 saturated heterocycles. The van der Waals surface area contributed by atoms with E-state index >= 15 is 0 Å². The van der Waals surface area contributed by atoms with Crippen molar-refractivity contribution in [3.05, 3.63) is 29.3 Å². The van der Waals surface area contributed by atoms with Crippen molar-refractivity contribution < 1.29 is 4.74 Å². The number of rotatable bonds is 5. The van der Waals surface area contributed by atoms with Crippen molar-refractivity contribution in [2.24, 2.45) is 0 Å². The van der Waals surface area contributed by atoms with E-state index in [9.17, 15) is 0 Å². The summed E-state index contributed by atoms with van der Waals surface area (Å²) in [6, 6.07) is 8.24. The van der Waals surface area contributed by atoms with Gasteiger partial charge in [-0.1, -0.05) is 12.1 Å². The normalized spacial score (nSPS) is 11.9. The van der Waals surface area contributed by atoms with E-state index in [1.54, 1.807) is 0 Å². The Hall–Kier alpha value is -1.53. The van der Waals surface area contributed by atoms with E-state index in [-0.39, 0.29) is 6.04 Å². The molecule has 0 aromatic heterocycles. The van der Waals surface area contributed by atoms with Crippen LogP contribution in [0.2, 0.25) is 0 Å². The van der Waals surface area contributed by atoms with Gasteiger partial charge in [-0.3, -0.25) is 0 Å². The van der Waals surface area contributed by atoms with Crippen LogP contribution in [0.25, 0.3) is 0 Å². The molecule has 0 fully saturated rings. The number of hydrogen-bond donors (Lipinski definition) is 1. The minimum absolute atomic E-state index is 0.203. The molecule has 0 amide bonds. The van der Waals surface area contributed by atoms with Crippen LogP contribution in [0.15, 0.2) is 18.2 Å². The Labute approximate surface area is 97.0 Å². The Kier molecular flexibility index (Phi) is 4.81. The molecule has 16 heavy (non-hydrogen) atoms. The lowest BCUT2D eigenvalue weighted by atomic mass is 10.1. The van der Waals surface area contributed by atoms with Crippen molar-refractivity contribution in [1.82, 2.24) is 0 Å². The first-order valence-corrected chi connectivity index (χ1v) is 5.53. The molecule has 1 rings (SSSR count). The highest BCUT2D eigenvalue weighted by Crippen LogP contribution is 2.19. The molecule has 0 aliphatic heterocycles. The zero-order chi connectivity index (χ0) is 12.0. The number of nitriles is 1. The van der Waals surface area contributed by atoms with Crippen molar-refractivity contribution in [2.75, 3.05) is 18.5 Å². The quantitative estimate of drug-likeness (QED) is 0.826. The highest BCUT2D eigenvalue weighted by molar-refractivity contribution is 5.60. The third-order valence-corrected chi connectivity index (χ3v) is 2.36. The van der Waals surface area contributed by atoms with E-state index in [0.717, 1.165) is 11.3 Å². The average Bonchev–Trinajstić information content (AvgIpc) is 2.27. The molecule has 86 valence electrons. The lowest BCUT2D eigenvalue weighted by Gasteiger charge is -2.16. The van der Waals surface area contributed by atoms with Gasteiger partial charge in [0.2, 0.25) is 0 Å². The fourth-order valence-electron chi connectivity index (χ4n) is 1.54. The number of benzene rings is 1.